The van der Waals surface area contributed by atoms with Crippen LogP contribution in [0.15, 0.2) is 18.2 Å². The molecule has 0 amide bonds. The van der Waals surface area contributed by atoms with Crippen molar-refractivity contribution in [3.05, 3.63) is 23.8 Å². The average Bonchev–Trinajstić information content (AvgIpc) is 2.99. The number of ether oxygens (including phenoxy) is 2. The first-order valence-corrected chi connectivity index (χ1v) is 6.21. The van der Waals surface area contributed by atoms with Gasteiger partial charge in [-0.05, 0) is 23.8 Å². The van der Waals surface area contributed by atoms with Gasteiger partial charge in [0.2, 0.25) is 0 Å². The van der Waals surface area contributed by atoms with E-state index in [4.69, 9.17) is 15.3 Å². The maximum absolute atomic E-state index is 5.72. The molecule has 0 saturated heterocycles. The lowest BCUT2D eigenvalue weighted by atomic mass is 9.96. The van der Waals surface area contributed by atoms with Gasteiger partial charge in [-0.2, -0.15) is 0 Å². The third kappa shape index (κ3) is 2.31. The van der Waals surface area contributed by atoms with E-state index in [1.165, 1.54) is 6.42 Å². The molecule has 1 aromatic rings. The number of rotatable bonds is 5. The largest absolute Gasteiger partial charge is 0.497 e. The van der Waals surface area contributed by atoms with Crippen LogP contribution in [-0.2, 0) is 0 Å². The molecule has 2 unspecified atom stereocenters. The summed E-state index contributed by atoms with van der Waals surface area (Å²) in [5.74, 6) is 7.88. The van der Waals surface area contributed by atoms with Crippen molar-refractivity contribution in [2.24, 2.45) is 17.2 Å². The minimum Gasteiger partial charge on any atom is -0.497 e. The van der Waals surface area contributed by atoms with Crippen molar-refractivity contribution in [3.63, 3.8) is 0 Å². The molecule has 0 aliphatic heterocycles. The van der Waals surface area contributed by atoms with Crippen LogP contribution in [0.5, 0.6) is 11.5 Å². The Hall–Kier alpha value is -1.26. The minimum absolute atomic E-state index is 0.126. The Bertz CT molecular complexity index is 432. The molecule has 1 saturated carbocycles. The smallest absolute Gasteiger partial charge is 0.127 e. The molecule has 4 nitrogen and oxygen atoms in total. The van der Waals surface area contributed by atoms with Gasteiger partial charge in [-0.25, -0.2) is 0 Å². The topological polar surface area (TPSA) is 56.5 Å². The van der Waals surface area contributed by atoms with Gasteiger partial charge in [0.05, 0.1) is 20.3 Å². The Balaban J connectivity index is 2.31. The fourth-order valence-electron chi connectivity index (χ4n) is 2.57. The quantitative estimate of drug-likeness (QED) is 0.621. The highest BCUT2D eigenvalue weighted by atomic mass is 16.5. The number of hydrazine groups is 1. The monoisotopic (exact) mass is 250 g/mol. The average molecular weight is 250 g/mol. The summed E-state index contributed by atoms with van der Waals surface area (Å²) in [6.45, 7) is 4.52. The minimum atomic E-state index is 0.126. The molecule has 0 radical (unpaired) electrons. The van der Waals surface area contributed by atoms with E-state index in [9.17, 15) is 0 Å². The molecule has 0 bridgehead atoms. The Morgan fingerprint density at radius 1 is 1.33 bits per heavy atom. The van der Waals surface area contributed by atoms with Crippen LogP contribution in [0, 0.1) is 11.3 Å². The van der Waals surface area contributed by atoms with Gasteiger partial charge in [0, 0.05) is 11.6 Å². The number of hydrogen-bond donors (Lipinski definition) is 2. The Kier molecular flexibility index (Phi) is 3.50. The van der Waals surface area contributed by atoms with Crippen LogP contribution < -0.4 is 20.7 Å². The normalized spacial score (nSPS) is 22.4. The second-order valence-electron chi connectivity index (χ2n) is 5.55. The molecular formula is C14H22N2O2. The first kappa shape index (κ1) is 13.2. The molecule has 1 aromatic carbocycles. The van der Waals surface area contributed by atoms with E-state index >= 15 is 0 Å². The number of methoxy groups -OCH3 is 2. The van der Waals surface area contributed by atoms with E-state index in [0.29, 0.717) is 11.3 Å². The Labute approximate surface area is 108 Å². The second-order valence-corrected chi connectivity index (χ2v) is 5.55. The molecule has 0 spiro atoms. The summed E-state index contributed by atoms with van der Waals surface area (Å²) in [5.41, 5.74) is 4.37. The predicted octanol–water partition coefficient (Wildman–Crippen LogP) is 2.25. The van der Waals surface area contributed by atoms with Crippen molar-refractivity contribution in [1.29, 1.82) is 0 Å². The summed E-state index contributed by atoms with van der Waals surface area (Å²) in [6, 6.07) is 5.99. The second kappa shape index (κ2) is 4.78. The lowest BCUT2D eigenvalue weighted by Crippen LogP contribution is -2.31. The van der Waals surface area contributed by atoms with E-state index in [1.807, 2.05) is 18.2 Å². The summed E-state index contributed by atoms with van der Waals surface area (Å²) in [4.78, 5) is 0. The van der Waals surface area contributed by atoms with Crippen molar-refractivity contribution in [3.8, 4) is 11.5 Å². The third-order valence-electron chi connectivity index (χ3n) is 3.95. The number of hydrogen-bond acceptors (Lipinski definition) is 4. The highest BCUT2D eigenvalue weighted by Crippen LogP contribution is 2.58. The molecule has 100 valence electrons. The first-order valence-electron chi connectivity index (χ1n) is 6.21. The van der Waals surface area contributed by atoms with Gasteiger partial charge in [-0.1, -0.05) is 19.9 Å². The summed E-state index contributed by atoms with van der Waals surface area (Å²) < 4.78 is 10.7. The Morgan fingerprint density at radius 3 is 2.44 bits per heavy atom. The van der Waals surface area contributed by atoms with Gasteiger partial charge in [0.25, 0.3) is 0 Å². The molecule has 18 heavy (non-hydrogen) atoms. The zero-order valence-electron chi connectivity index (χ0n) is 11.5. The van der Waals surface area contributed by atoms with E-state index in [0.717, 1.165) is 17.1 Å². The zero-order chi connectivity index (χ0) is 13.3. The highest BCUT2D eigenvalue weighted by Gasteiger charge is 2.50. The zero-order valence-corrected chi connectivity index (χ0v) is 11.5. The molecule has 1 aliphatic carbocycles. The van der Waals surface area contributed by atoms with Gasteiger partial charge in [-0.3, -0.25) is 11.3 Å². The number of nitrogens with two attached hydrogens (primary N) is 1. The lowest BCUT2D eigenvalue weighted by molar-refractivity contribution is 0.369. The van der Waals surface area contributed by atoms with Crippen molar-refractivity contribution in [1.82, 2.24) is 5.43 Å². The number of nitrogens with one attached hydrogen (secondary N) is 1. The van der Waals surface area contributed by atoms with Gasteiger partial charge in [0.15, 0.2) is 0 Å². The molecule has 1 aliphatic rings. The van der Waals surface area contributed by atoms with Gasteiger partial charge >= 0.3 is 0 Å². The van der Waals surface area contributed by atoms with E-state index < -0.39 is 0 Å². The van der Waals surface area contributed by atoms with Crippen LogP contribution in [-0.4, -0.2) is 14.2 Å². The van der Waals surface area contributed by atoms with Crippen LogP contribution in [0.3, 0.4) is 0 Å². The van der Waals surface area contributed by atoms with E-state index in [2.05, 4.69) is 19.3 Å². The molecule has 0 heterocycles. The molecule has 4 heteroatoms. The van der Waals surface area contributed by atoms with Crippen LogP contribution in [0.1, 0.15) is 31.9 Å². The molecular weight excluding hydrogens is 228 g/mol. The van der Waals surface area contributed by atoms with Crippen LogP contribution >= 0.6 is 0 Å². The van der Waals surface area contributed by atoms with Gasteiger partial charge < -0.3 is 9.47 Å². The van der Waals surface area contributed by atoms with E-state index in [1.54, 1.807) is 14.2 Å². The molecule has 2 rings (SSSR count). The fourth-order valence-corrected chi connectivity index (χ4v) is 2.57. The van der Waals surface area contributed by atoms with Crippen LogP contribution in [0.25, 0.3) is 0 Å². The van der Waals surface area contributed by atoms with E-state index in [-0.39, 0.29) is 6.04 Å². The van der Waals surface area contributed by atoms with Crippen molar-refractivity contribution in [2.45, 2.75) is 26.3 Å². The number of benzene rings is 1. The summed E-state index contributed by atoms with van der Waals surface area (Å²) in [6.07, 6.45) is 1.18. The van der Waals surface area contributed by atoms with Crippen LogP contribution in [0.2, 0.25) is 0 Å². The van der Waals surface area contributed by atoms with Gasteiger partial charge in [-0.15, -0.1) is 0 Å². The fraction of sp³-hybridized carbons (Fsp3) is 0.571. The predicted molar refractivity (Wildman–Crippen MR) is 71.5 cm³/mol. The summed E-state index contributed by atoms with van der Waals surface area (Å²) in [5, 5.41) is 0. The molecule has 3 N–H and O–H groups in total. The van der Waals surface area contributed by atoms with Crippen LogP contribution in [0.4, 0.5) is 0 Å². The maximum Gasteiger partial charge on any atom is 0.127 e. The first-order chi connectivity index (χ1) is 8.53. The van der Waals surface area contributed by atoms with Crippen molar-refractivity contribution >= 4 is 0 Å². The molecule has 1 fully saturated rings. The SMILES string of the molecule is COc1ccc(C(NN)C2CC2(C)C)c(OC)c1. The van der Waals surface area contributed by atoms with Gasteiger partial charge in [0.1, 0.15) is 11.5 Å². The highest BCUT2D eigenvalue weighted by molar-refractivity contribution is 5.43. The molecule has 2 atom stereocenters. The van der Waals surface area contributed by atoms with Crippen molar-refractivity contribution in [2.75, 3.05) is 14.2 Å². The summed E-state index contributed by atoms with van der Waals surface area (Å²) in [7, 11) is 3.32. The third-order valence-corrected chi connectivity index (χ3v) is 3.95. The standard InChI is InChI=1S/C14H22N2O2/c1-14(2)8-11(14)13(16-15)10-6-5-9(17-3)7-12(10)18-4/h5-7,11,13,16H,8,15H2,1-4H3. The summed E-state index contributed by atoms with van der Waals surface area (Å²) >= 11 is 0. The van der Waals surface area contributed by atoms with Crippen molar-refractivity contribution < 1.29 is 9.47 Å². The lowest BCUT2D eigenvalue weighted by Gasteiger charge is -2.21. The Morgan fingerprint density at radius 2 is 2.00 bits per heavy atom. The maximum atomic E-state index is 5.72. The molecule has 0 aromatic heterocycles.